The first-order valence-corrected chi connectivity index (χ1v) is 9.53. The Morgan fingerprint density at radius 2 is 1.54 bits per heavy atom. The average molecular weight is 364 g/mol. The maximum absolute atomic E-state index is 12.9. The van der Waals surface area contributed by atoms with Crippen LogP contribution in [0.1, 0.15) is 5.56 Å². The van der Waals surface area contributed by atoms with Gasteiger partial charge in [-0.2, -0.15) is 0 Å². The summed E-state index contributed by atoms with van der Waals surface area (Å²) >= 11 is 0. The molecule has 130 valence electrons. The number of nitrogens with zero attached hydrogens (tertiary/aromatic N) is 2. The molecule has 4 rings (SSSR count). The van der Waals surface area contributed by atoms with E-state index in [0.717, 1.165) is 5.56 Å². The van der Waals surface area contributed by atoms with Crippen LogP contribution in [0.2, 0.25) is 0 Å². The Morgan fingerprint density at radius 1 is 0.846 bits per heavy atom. The van der Waals surface area contributed by atoms with Crippen LogP contribution < -0.4 is 4.74 Å². The van der Waals surface area contributed by atoms with Gasteiger partial charge in [0.15, 0.2) is 0 Å². The third kappa shape index (κ3) is 3.07. The third-order valence-corrected chi connectivity index (χ3v) is 5.73. The van der Waals surface area contributed by atoms with Gasteiger partial charge < -0.3 is 4.74 Å². The number of imidazole rings is 1. The van der Waals surface area contributed by atoms with E-state index < -0.39 is 10.0 Å². The normalized spacial score (nSPS) is 11.5. The van der Waals surface area contributed by atoms with Gasteiger partial charge in [0.1, 0.15) is 18.7 Å². The summed E-state index contributed by atoms with van der Waals surface area (Å²) < 4.78 is 32.7. The molecule has 0 unspecified atom stereocenters. The van der Waals surface area contributed by atoms with E-state index in [2.05, 4.69) is 4.98 Å². The zero-order chi connectivity index (χ0) is 18.0. The second-order valence-electron chi connectivity index (χ2n) is 5.78. The third-order valence-electron chi connectivity index (χ3n) is 4.05. The van der Waals surface area contributed by atoms with Crippen LogP contribution in [-0.4, -0.2) is 17.4 Å². The highest BCUT2D eigenvalue weighted by molar-refractivity contribution is 7.90. The van der Waals surface area contributed by atoms with Gasteiger partial charge in [-0.1, -0.05) is 42.5 Å². The van der Waals surface area contributed by atoms with E-state index in [1.165, 1.54) is 10.3 Å². The van der Waals surface area contributed by atoms with Crippen LogP contribution in [0.3, 0.4) is 0 Å². The van der Waals surface area contributed by atoms with Crippen LogP contribution in [0.15, 0.2) is 90.1 Å². The molecule has 0 amide bonds. The van der Waals surface area contributed by atoms with Gasteiger partial charge in [0.05, 0.1) is 15.9 Å². The molecule has 0 radical (unpaired) electrons. The molecule has 5 nitrogen and oxygen atoms in total. The number of ether oxygens (including phenoxy) is 1. The lowest BCUT2D eigenvalue weighted by molar-refractivity contribution is 0.306. The number of aromatic nitrogens is 2. The fourth-order valence-corrected chi connectivity index (χ4v) is 3.98. The zero-order valence-corrected chi connectivity index (χ0v) is 14.6. The summed E-state index contributed by atoms with van der Waals surface area (Å²) in [7, 11) is -3.71. The van der Waals surface area contributed by atoms with Crippen molar-refractivity contribution < 1.29 is 13.2 Å². The summed E-state index contributed by atoms with van der Waals surface area (Å²) in [4.78, 5) is 4.34. The summed E-state index contributed by atoms with van der Waals surface area (Å²) in [6, 6.07) is 23.3. The molecule has 26 heavy (non-hydrogen) atoms. The summed E-state index contributed by atoms with van der Waals surface area (Å²) in [5.74, 6) is 0.614. The van der Waals surface area contributed by atoms with Gasteiger partial charge in [-0.25, -0.2) is 17.4 Å². The molecule has 0 N–H and O–H groups in total. The molecule has 1 aromatic heterocycles. The van der Waals surface area contributed by atoms with Crippen molar-refractivity contribution in [3.63, 3.8) is 0 Å². The van der Waals surface area contributed by atoms with Gasteiger partial charge >= 0.3 is 0 Å². The van der Waals surface area contributed by atoms with Crippen LogP contribution >= 0.6 is 0 Å². The van der Waals surface area contributed by atoms with Crippen molar-refractivity contribution in [2.75, 3.05) is 0 Å². The molecule has 3 aromatic carbocycles. The molecule has 0 saturated heterocycles. The van der Waals surface area contributed by atoms with Crippen molar-refractivity contribution in [2.45, 2.75) is 11.5 Å². The number of fused-ring (bicyclic) bond motifs is 1. The fraction of sp³-hybridized carbons (Fsp3) is 0.0500. The Balaban J connectivity index is 1.58. The molecule has 0 aliphatic heterocycles. The lowest BCUT2D eigenvalue weighted by atomic mass is 10.2. The van der Waals surface area contributed by atoms with E-state index in [9.17, 15) is 8.42 Å². The van der Waals surface area contributed by atoms with Gasteiger partial charge in [0, 0.05) is 0 Å². The van der Waals surface area contributed by atoms with Gasteiger partial charge in [-0.3, -0.25) is 0 Å². The first-order valence-electron chi connectivity index (χ1n) is 8.09. The van der Waals surface area contributed by atoms with Crippen molar-refractivity contribution in [1.82, 2.24) is 8.96 Å². The maximum Gasteiger partial charge on any atom is 0.269 e. The highest BCUT2D eigenvalue weighted by Gasteiger charge is 2.19. The number of benzene rings is 3. The van der Waals surface area contributed by atoms with E-state index in [1.54, 1.807) is 42.5 Å². The number of hydrogen-bond donors (Lipinski definition) is 0. The Kier molecular flexibility index (Phi) is 4.18. The maximum atomic E-state index is 12.9. The minimum atomic E-state index is -3.71. The monoisotopic (exact) mass is 364 g/mol. The zero-order valence-electron chi connectivity index (χ0n) is 13.8. The smallest absolute Gasteiger partial charge is 0.269 e. The van der Waals surface area contributed by atoms with E-state index in [-0.39, 0.29) is 4.90 Å². The molecule has 0 bridgehead atoms. The van der Waals surface area contributed by atoms with Crippen LogP contribution in [-0.2, 0) is 16.6 Å². The van der Waals surface area contributed by atoms with Crippen LogP contribution in [0.4, 0.5) is 0 Å². The molecular weight excluding hydrogens is 348 g/mol. The van der Waals surface area contributed by atoms with Crippen LogP contribution in [0, 0.1) is 0 Å². The second kappa shape index (κ2) is 6.65. The predicted molar refractivity (Wildman–Crippen MR) is 99.5 cm³/mol. The molecule has 0 saturated carbocycles. The molecule has 0 atom stereocenters. The van der Waals surface area contributed by atoms with Gasteiger partial charge in [-0.15, -0.1) is 0 Å². The lowest BCUT2D eigenvalue weighted by Gasteiger charge is -2.09. The first kappa shape index (κ1) is 16.4. The van der Waals surface area contributed by atoms with Gasteiger partial charge in [0.2, 0.25) is 0 Å². The first-order chi connectivity index (χ1) is 12.6. The highest BCUT2D eigenvalue weighted by Crippen LogP contribution is 2.22. The molecule has 0 spiro atoms. The molecule has 0 aliphatic rings. The van der Waals surface area contributed by atoms with Crippen molar-refractivity contribution >= 4 is 21.1 Å². The highest BCUT2D eigenvalue weighted by atomic mass is 32.2. The molecule has 6 heteroatoms. The molecule has 4 aromatic rings. The Morgan fingerprint density at radius 3 is 2.31 bits per heavy atom. The van der Waals surface area contributed by atoms with E-state index in [4.69, 9.17) is 4.74 Å². The topological polar surface area (TPSA) is 61.2 Å². The number of hydrogen-bond acceptors (Lipinski definition) is 4. The number of rotatable bonds is 5. The van der Waals surface area contributed by atoms with Gasteiger partial charge in [0.25, 0.3) is 10.0 Å². The fourth-order valence-electron chi connectivity index (χ4n) is 2.69. The average Bonchev–Trinajstić information content (AvgIpc) is 3.12. The van der Waals surface area contributed by atoms with Crippen molar-refractivity contribution in [3.05, 3.63) is 90.8 Å². The standard InChI is InChI=1S/C20H16N2O3S/c23-26(24,22-15-21-19-8-4-5-9-20(19)22)18-12-10-17(11-13-18)25-14-16-6-2-1-3-7-16/h1-13,15H,14H2. The summed E-state index contributed by atoms with van der Waals surface area (Å²) in [6.45, 7) is 0.430. The SMILES string of the molecule is O=S(=O)(c1ccc(OCc2ccccc2)cc1)n1cnc2ccccc21. The van der Waals surface area contributed by atoms with Crippen molar-refractivity contribution in [3.8, 4) is 5.75 Å². The summed E-state index contributed by atoms with van der Waals surface area (Å²) in [5.41, 5.74) is 2.24. The predicted octanol–water partition coefficient (Wildman–Crippen LogP) is 3.85. The van der Waals surface area contributed by atoms with Crippen LogP contribution in [0.5, 0.6) is 5.75 Å². The second-order valence-corrected chi connectivity index (χ2v) is 7.59. The molecule has 1 heterocycles. The molecule has 0 fully saturated rings. The van der Waals surface area contributed by atoms with Crippen LogP contribution in [0.25, 0.3) is 11.0 Å². The lowest BCUT2D eigenvalue weighted by Crippen LogP contribution is -2.11. The van der Waals surface area contributed by atoms with E-state index >= 15 is 0 Å². The van der Waals surface area contributed by atoms with E-state index in [0.29, 0.717) is 23.4 Å². The van der Waals surface area contributed by atoms with E-state index in [1.807, 2.05) is 36.4 Å². The minimum Gasteiger partial charge on any atom is -0.489 e. The quantitative estimate of drug-likeness (QED) is 0.540. The van der Waals surface area contributed by atoms with Gasteiger partial charge in [-0.05, 0) is 42.0 Å². The summed E-state index contributed by atoms with van der Waals surface area (Å²) in [5, 5.41) is 0. The molecular formula is C20H16N2O3S. The Hall–Kier alpha value is -3.12. The Labute approximate surface area is 151 Å². The van der Waals surface area contributed by atoms with Crippen molar-refractivity contribution in [2.24, 2.45) is 0 Å². The summed E-state index contributed by atoms with van der Waals surface area (Å²) in [6.07, 6.45) is 1.33. The minimum absolute atomic E-state index is 0.188. The molecule has 0 aliphatic carbocycles. The van der Waals surface area contributed by atoms with Crippen molar-refractivity contribution in [1.29, 1.82) is 0 Å². The Bertz CT molecular complexity index is 1130. The largest absolute Gasteiger partial charge is 0.489 e. The number of para-hydroxylation sites is 2.